The van der Waals surface area contributed by atoms with Gasteiger partial charge in [-0.2, -0.15) is 0 Å². The molecule has 0 fully saturated rings. The first kappa shape index (κ1) is 15.7. The summed E-state index contributed by atoms with van der Waals surface area (Å²) >= 11 is 0. The molecular weight excluding hydrogens is 260 g/mol. The predicted octanol–water partition coefficient (Wildman–Crippen LogP) is 2.51. The fraction of sp³-hybridized carbons (Fsp3) is 0.471. The van der Waals surface area contributed by atoms with E-state index in [1.807, 2.05) is 12.5 Å². The summed E-state index contributed by atoms with van der Waals surface area (Å²) in [6, 6.07) is 10.6. The van der Waals surface area contributed by atoms with Crippen molar-refractivity contribution in [3.8, 4) is 0 Å². The third-order valence-electron chi connectivity index (χ3n) is 3.59. The second kappa shape index (κ2) is 8.60. The number of nitrogens with zero attached hydrogens (tertiary/aromatic N) is 3. The molecule has 0 bridgehead atoms. The highest BCUT2D eigenvalue weighted by atomic mass is 15.1. The van der Waals surface area contributed by atoms with Crippen LogP contribution >= 0.6 is 0 Å². The predicted molar refractivity (Wildman–Crippen MR) is 87.0 cm³/mol. The van der Waals surface area contributed by atoms with Crippen molar-refractivity contribution in [2.75, 3.05) is 20.1 Å². The van der Waals surface area contributed by atoms with Gasteiger partial charge in [0.15, 0.2) is 0 Å². The average Bonchev–Trinajstić information content (AvgIpc) is 2.93. The van der Waals surface area contributed by atoms with Crippen molar-refractivity contribution in [3.63, 3.8) is 0 Å². The summed E-state index contributed by atoms with van der Waals surface area (Å²) in [7, 11) is 2.18. The monoisotopic (exact) mass is 286 g/mol. The molecule has 0 radical (unpaired) electrons. The van der Waals surface area contributed by atoms with Gasteiger partial charge in [0.25, 0.3) is 0 Å². The first-order chi connectivity index (χ1) is 10.3. The van der Waals surface area contributed by atoms with Gasteiger partial charge in [-0.15, -0.1) is 0 Å². The summed E-state index contributed by atoms with van der Waals surface area (Å²) in [5.74, 6) is 0. The average molecular weight is 286 g/mol. The van der Waals surface area contributed by atoms with Crippen LogP contribution in [-0.2, 0) is 19.6 Å². The van der Waals surface area contributed by atoms with Gasteiger partial charge in [0.05, 0.1) is 12.0 Å². The van der Waals surface area contributed by atoms with Gasteiger partial charge in [0.2, 0.25) is 0 Å². The smallest absolute Gasteiger partial charge is 0.0948 e. The Morgan fingerprint density at radius 1 is 1.24 bits per heavy atom. The van der Waals surface area contributed by atoms with Crippen molar-refractivity contribution < 1.29 is 0 Å². The van der Waals surface area contributed by atoms with Crippen LogP contribution < -0.4 is 5.32 Å². The number of aryl methyl sites for hydroxylation is 1. The molecule has 0 saturated heterocycles. The van der Waals surface area contributed by atoms with Gasteiger partial charge in [-0.1, -0.05) is 37.3 Å². The van der Waals surface area contributed by atoms with E-state index in [1.54, 1.807) is 0 Å². The minimum absolute atomic E-state index is 0.899. The van der Waals surface area contributed by atoms with Crippen molar-refractivity contribution in [1.29, 1.82) is 0 Å². The van der Waals surface area contributed by atoms with Gasteiger partial charge in [0.1, 0.15) is 0 Å². The summed E-state index contributed by atoms with van der Waals surface area (Å²) in [5, 5.41) is 3.35. The van der Waals surface area contributed by atoms with Crippen LogP contribution in [0.5, 0.6) is 0 Å². The topological polar surface area (TPSA) is 33.1 Å². The summed E-state index contributed by atoms with van der Waals surface area (Å²) in [4.78, 5) is 6.62. The lowest BCUT2D eigenvalue weighted by Crippen LogP contribution is -2.21. The minimum atomic E-state index is 0.899. The molecule has 4 heteroatoms. The van der Waals surface area contributed by atoms with Crippen LogP contribution in [0.15, 0.2) is 42.9 Å². The van der Waals surface area contributed by atoms with Crippen molar-refractivity contribution in [2.24, 2.45) is 0 Å². The first-order valence-electron chi connectivity index (χ1n) is 7.71. The van der Waals surface area contributed by atoms with Crippen molar-refractivity contribution in [1.82, 2.24) is 19.8 Å². The molecule has 0 amide bonds. The van der Waals surface area contributed by atoms with E-state index in [4.69, 9.17) is 0 Å². The van der Waals surface area contributed by atoms with Crippen LogP contribution in [-0.4, -0.2) is 34.6 Å². The fourth-order valence-electron chi connectivity index (χ4n) is 2.43. The molecule has 0 spiro atoms. The Labute approximate surface area is 127 Å². The zero-order chi connectivity index (χ0) is 14.9. The van der Waals surface area contributed by atoms with Gasteiger partial charge in [0, 0.05) is 25.8 Å². The Balaban J connectivity index is 1.72. The van der Waals surface area contributed by atoms with E-state index in [0.717, 1.165) is 39.1 Å². The second-order valence-corrected chi connectivity index (χ2v) is 5.44. The molecule has 1 aromatic heterocycles. The third-order valence-corrected chi connectivity index (χ3v) is 3.59. The number of benzene rings is 1. The van der Waals surface area contributed by atoms with Crippen LogP contribution in [0.4, 0.5) is 0 Å². The largest absolute Gasteiger partial charge is 0.333 e. The van der Waals surface area contributed by atoms with E-state index in [2.05, 4.69) is 64.1 Å². The molecule has 4 nitrogen and oxygen atoms in total. The number of hydrogen-bond acceptors (Lipinski definition) is 3. The number of hydrogen-bond donors (Lipinski definition) is 1. The molecule has 2 rings (SSSR count). The Hall–Kier alpha value is -1.65. The van der Waals surface area contributed by atoms with E-state index in [-0.39, 0.29) is 0 Å². The SMILES string of the molecule is CCNCc1cncn1CCCN(C)Cc1ccccc1. The summed E-state index contributed by atoms with van der Waals surface area (Å²) in [6.07, 6.45) is 5.03. The van der Waals surface area contributed by atoms with Gasteiger partial charge in [-0.05, 0) is 32.1 Å². The number of rotatable bonds is 9. The second-order valence-electron chi connectivity index (χ2n) is 5.44. The molecule has 0 aliphatic heterocycles. The maximum Gasteiger partial charge on any atom is 0.0948 e. The van der Waals surface area contributed by atoms with Crippen LogP contribution in [0.1, 0.15) is 24.6 Å². The summed E-state index contributed by atoms with van der Waals surface area (Å²) in [6.45, 7) is 7.14. The van der Waals surface area contributed by atoms with Crippen molar-refractivity contribution >= 4 is 0 Å². The fourth-order valence-corrected chi connectivity index (χ4v) is 2.43. The Kier molecular flexibility index (Phi) is 6.44. The van der Waals surface area contributed by atoms with E-state index in [9.17, 15) is 0 Å². The molecule has 0 aliphatic rings. The molecule has 0 unspecified atom stereocenters. The lowest BCUT2D eigenvalue weighted by molar-refractivity contribution is 0.313. The van der Waals surface area contributed by atoms with Crippen LogP contribution in [0.25, 0.3) is 0 Å². The highest BCUT2D eigenvalue weighted by Gasteiger charge is 2.03. The zero-order valence-electron chi connectivity index (χ0n) is 13.1. The summed E-state index contributed by atoms with van der Waals surface area (Å²) < 4.78 is 2.25. The first-order valence-corrected chi connectivity index (χ1v) is 7.71. The molecular formula is C17H26N4. The standard InChI is InChI=1S/C17H26N4/c1-3-18-12-17-13-19-15-21(17)11-7-10-20(2)14-16-8-5-4-6-9-16/h4-6,8-9,13,15,18H,3,7,10-12,14H2,1-2H3. The molecule has 0 saturated carbocycles. The maximum absolute atomic E-state index is 4.25. The quantitative estimate of drug-likeness (QED) is 0.769. The normalized spacial score (nSPS) is 11.2. The molecule has 114 valence electrons. The zero-order valence-corrected chi connectivity index (χ0v) is 13.1. The van der Waals surface area contributed by atoms with Gasteiger partial charge in [-0.3, -0.25) is 0 Å². The molecule has 1 N–H and O–H groups in total. The number of imidazole rings is 1. The molecule has 0 atom stereocenters. The van der Waals surface area contributed by atoms with E-state index in [0.29, 0.717) is 0 Å². The molecule has 1 heterocycles. The lowest BCUT2D eigenvalue weighted by Gasteiger charge is -2.17. The third kappa shape index (κ3) is 5.33. The molecule has 21 heavy (non-hydrogen) atoms. The van der Waals surface area contributed by atoms with E-state index < -0.39 is 0 Å². The Morgan fingerprint density at radius 3 is 2.81 bits per heavy atom. The Morgan fingerprint density at radius 2 is 2.05 bits per heavy atom. The van der Waals surface area contributed by atoms with Gasteiger partial charge < -0.3 is 14.8 Å². The highest BCUT2D eigenvalue weighted by molar-refractivity contribution is 5.14. The van der Waals surface area contributed by atoms with E-state index >= 15 is 0 Å². The van der Waals surface area contributed by atoms with Crippen LogP contribution in [0, 0.1) is 0 Å². The lowest BCUT2D eigenvalue weighted by atomic mass is 10.2. The van der Waals surface area contributed by atoms with Gasteiger partial charge >= 0.3 is 0 Å². The Bertz CT molecular complexity index is 507. The summed E-state index contributed by atoms with van der Waals surface area (Å²) in [5.41, 5.74) is 2.64. The molecule has 0 aliphatic carbocycles. The van der Waals surface area contributed by atoms with Gasteiger partial charge in [-0.25, -0.2) is 4.98 Å². The number of aromatic nitrogens is 2. The molecule has 2 aromatic rings. The maximum atomic E-state index is 4.25. The molecule has 1 aromatic carbocycles. The number of nitrogens with one attached hydrogen (secondary N) is 1. The minimum Gasteiger partial charge on any atom is -0.333 e. The van der Waals surface area contributed by atoms with Crippen LogP contribution in [0.3, 0.4) is 0 Å². The highest BCUT2D eigenvalue weighted by Crippen LogP contribution is 2.05. The van der Waals surface area contributed by atoms with Crippen LogP contribution in [0.2, 0.25) is 0 Å². The van der Waals surface area contributed by atoms with E-state index in [1.165, 1.54) is 11.3 Å². The van der Waals surface area contributed by atoms with Crippen molar-refractivity contribution in [3.05, 3.63) is 54.1 Å². The van der Waals surface area contributed by atoms with Crippen molar-refractivity contribution in [2.45, 2.75) is 33.0 Å².